The van der Waals surface area contributed by atoms with E-state index in [9.17, 15) is 0 Å². The molecule has 0 radical (unpaired) electrons. The minimum Gasteiger partial charge on any atom is -0.436 e. The van der Waals surface area contributed by atoms with Gasteiger partial charge in [-0.3, -0.25) is 0 Å². The van der Waals surface area contributed by atoms with Crippen molar-refractivity contribution in [2.75, 3.05) is 0 Å². The molecule has 3 rings (SSSR count). The molecule has 0 atom stereocenters. The van der Waals surface area contributed by atoms with Crippen molar-refractivity contribution in [2.24, 2.45) is 14.1 Å². The summed E-state index contributed by atoms with van der Waals surface area (Å²) in [5.74, 6) is 0.758. The molecule has 0 aliphatic heterocycles. The second-order valence-corrected chi connectivity index (χ2v) is 5.29. The summed E-state index contributed by atoms with van der Waals surface area (Å²) in [6, 6.07) is 4.19. The minimum absolute atomic E-state index is 0.758. The predicted molar refractivity (Wildman–Crippen MR) is 80.1 cm³/mol. The van der Waals surface area contributed by atoms with Crippen molar-refractivity contribution in [3.63, 3.8) is 0 Å². The van der Waals surface area contributed by atoms with Crippen molar-refractivity contribution in [1.29, 1.82) is 0 Å². The molecule has 0 saturated heterocycles. The first-order chi connectivity index (χ1) is 9.52. The first-order valence-corrected chi connectivity index (χ1v) is 6.64. The average molecular weight is 266 g/mol. The van der Waals surface area contributed by atoms with Crippen LogP contribution in [0.4, 0.5) is 0 Å². The molecule has 0 saturated carbocycles. The molecule has 0 N–H and O–H groups in total. The number of imidazole rings is 2. The van der Waals surface area contributed by atoms with Crippen LogP contribution in [0.1, 0.15) is 22.6 Å². The Labute approximate surface area is 118 Å². The van der Waals surface area contributed by atoms with Gasteiger partial charge in [-0.1, -0.05) is 24.0 Å². The van der Waals surface area contributed by atoms with E-state index in [1.54, 1.807) is 0 Å². The van der Waals surface area contributed by atoms with Crippen LogP contribution >= 0.6 is 0 Å². The maximum atomic E-state index is 4.55. The van der Waals surface area contributed by atoms with E-state index in [-0.39, 0.29) is 0 Å². The molecule has 2 heterocycles. The molecule has 4 heteroatoms. The fourth-order valence-electron chi connectivity index (χ4n) is 2.30. The predicted octanol–water partition coefficient (Wildman–Crippen LogP) is 2.14. The van der Waals surface area contributed by atoms with Gasteiger partial charge in [-0.15, -0.1) is 0 Å². The lowest BCUT2D eigenvalue weighted by Crippen LogP contribution is -2.23. The highest BCUT2D eigenvalue weighted by atomic mass is 15.1. The number of hydrogen-bond donors (Lipinski definition) is 0. The van der Waals surface area contributed by atoms with Crippen LogP contribution in [0, 0.1) is 13.8 Å². The molecule has 1 aromatic carbocycles. The maximum absolute atomic E-state index is 4.55. The van der Waals surface area contributed by atoms with Crippen molar-refractivity contribution in [3.8, 4) is 0 Å². The molecule has 0 amide bonds. The highest BCUT2D eigenvalue weighted by Gasteiger charge is 2.02. The monoisotopic (exact) mass is 266 g/mol. The van der Waals surface area contributed by atoms with Crippen LogP contribution in [0.2, 0.25) is 0 Å². The summed E-state index contributed by atoms with van der Waals surface area (Å²) in [4.78, 5) is 9.10. The van der Waals surface area contributed by atoms with Gasteiger partial charge >= 0.3 is 0 Å². The highest BCUT2D eigenvalue weighted by molar-refractivity contribution is 5.79. The third-order valence-electron chi connectivity index (χ3n) is 3.56. The van der Waals surface area contributed by atoms with Crippen molar-refractivity contribution in [3.05, 3.63) is 47.3 Å². The zero-order chi connectivity index (χ0) is 14.3. The Morgan fingerprint density at radius 1 is 1.20 bits per heavy atom. The quantitative estimate of drug-likeness (QED) is 0.666. The zero-order valence-electron chi connectivity index (χ0n) is 12.3. The van der Waals surface area contributed by atoms with Gasteiger partial charge in [0, 0.05) is 0 Å². The van der Waals surface area contributed by atoms with Crippen molar-refractivity contribution < 1.29 is 4.57 Å². The van der Waals surface area contributed by atoms with Gasteiger partial charge in [-0.2, -0.15) is 0 Å². The third-order valence-corrected chi connectivity index (χ3v) is 3.56. The first-order valence-electron chi connectivity index (χ1n) is 6.64. The van der Waals surface area contributed by atoms with Crippen molar-refractivity contribution in [1.82, 2.24) is 14.5 Å². The average Bonchev–Trinajstić information content (AvgIpc) is 2.90. The number of aromatic nitrogens is 4. The lowest BCUT2D eigenvalue weighted by molar-refractivity contribution is -0.671. The molecule has 0 fully saturated rings. The second-order valence-electron chi connectivity index (χ2n) is 5.29. The van der Waals surface area contributed by atoms with E-state index < -0.39 is 0 Å². The van der Waals surface area contributed by atoms with E-state index in [2.05, 4.69) is 46.7 Å². The van der Waals surface area contributed by atoms with Crippen LogP contribution in [-0.4, -0.2) is 9.55 Å². The van der Waals surface area contributed by atoms with Gasteiger partial charge in [0.2, 0.25) is 6.33 Å². The Kier molecular flexibility index (Phi) is 2.93. The Balaban J connectivity index is 1.97. The Morgan fingerprint density at radius 2 is 1.95 bits per heavy atom. The van der Waals surface area contributed by atoms with Crippen LogP contribution in [0.3, 0.4) is 0 Å². The van der Waals surface area contributed by atoms with Crippen molar-refractivity contribution in [2.45, 2.75) is 13.8 Å². The van der Waals surface area contributed by atoms with E-state index in [1.807, 2.05) is 37.1 Å². The molecule has 2 aromatic heterocycles. The fraction of sp³-hybridized carbons (Fsp3) is 0.250. The van der Waals surface area contributed by atoms with E-state index in [0.29, 0.717) is 0 Å². The summed E-state index contributed by atoms with van der Waals surface area (Å²) in [6.45, 7) is 4.20. The largest absolute Gasteiger partial charge is 0.436 e. The van der Waals surface area contributed by atoms with Crippen LogP contribution in [-0.2, 0) is 14.1 Å². The summed E-state index contributed by atoms with van der Waals surface area (Å²) in [5.41, 5.74) is 5.55. The van der Waals surface area contributed by atoms with E-state index >= 15 is 0 Å². The summed E-state index contributed by atoms with van der Waals surface area (Å²) in [6.07, 6.45) is 8.08. The number of nitrogens with zero attached hydrogens (tertiary/aromatic N) is 4. The molecule has 20 heavy (non-hydrogen) atoms. The van der Waals surface area contributed by atoms with Gasteiger partial charge in [0.05, 0.1) is 14.1 Å². The Morgan fingerprint density at radius 3 is 2.65 bits per heavy atom. The van der Waals surface area contributed by atoms with Crippen LogP contribution in [0.5, 0.6) is 0 Å². The molecular weight excluding hydrogens is 248 g/mol. The van der Waals surface area contributed by atoms with E-state index in [4.69, 9.17) is 0 Å². The van der Waals surface area contributed by atoms with Crippen LogP contribution in [0.15, 0.2) is 24.7 Å². The first kappa shape index (κ1) is 12.7. The highest BCUT2D eigenvalue weighted by Crippen LogP contribution is 2.17. The molecular formula is C16H18N4. The van der Waals surface area contributed by atoms with Gasteiger partial charge in [-0.05, 0) is 42.1 Å². The van der Waals surface area contributed by atoms with Crippen LogP contribution in [0.25, 0.3) is 23.2 Å². The van der Waals surface area contributed by atoms with Gasteiger partial charge < -0.3 is 9.97 Å². The smallest absolute Gasteiger partial charge is 0.243 e. The maximum Gasteiger partial charge on any atom is 0.243 e. The summed E-state index contributed by atoms with van der Waals surface area (Å²) in [7, 11) is 4.03. The van der Waals surface area contributed by atoms with E-state index in [0.717, 1.165) is 22.6 Å². The molecule has 0 bridgehead atoms. The summed E-state index contributed by atoms with van der Waals surface area (Å²) in [5, 5.41) is 0. The van der Waals surface area contributed by atoms with Crippen molar-refractivity contribution >= 4 is 23.2 Å². The molecule has 0 aliphatic carbocycles. The topological polar surface area (TPSA) is 35.8 Å². The van der Waals surface area contributed by atoms with Gasteiger partial charge in [0.1, 0.15) is 6.20 Å². The minimum atomic E-state index is 0.758. The number of aryl methyl sites for hydroxylation is 4. The third kappa shape index (κ3) is 2.25. The molecule has 4 nitrogen and oxygen atoms in total. The standard InChI is InChI=1S/C16H18N4/c1-11-7-14-15(8-12(11)2)18-16(17-14)6-5-13-9-19(3)10-20(13)4/h5-10H,1-4H3/b6-5+. The fourth-order valence-corrected chi connectivity index (χ4v) is 2.30. The van der Waals surface area contributed by atoms with Crippen LogP contribution < -0.4 is 9.55 Å². The lowest BCUT2D eigenvalue weighted by Gasteiger charge is -2.01. The SMILES string of the molecule is Cc1cc2nc(/C=C/c3c[n+](C)cn3C)[n-]c2cc1C. The second kappa shape index (κ2) is 4.63. The lowest BCUT2D eigenvalue weighted by atomic mass is 10.1. The Hall–Kier alpha value is -2.36. The molecule has 102 valence electrons. The number of benzene rings is 1. The van der Waals surface area contributed by atoms with E-state index in [1.165, 1.54) is 11.1 Å². The number of hydrogen-bond acceptors (Lipinski definition) is 1. The van der Waals surface area contributed by atoms with Gasteiger partial charge in [0.25, 0.3) is 0 Å². The van der Waals surface area contributed by atoms with Gasteiger partial charge in [0.15, 0.2) is 5.69 Å². The normalized spacial score (nSPS) is 11.8. The summed E-state index contributed by atoms with van der Waals surface area (Å²) >= 11 is 0. The zero-order valence-corrected chi connectivity index (χ0v) is 12.3. The van der Waals surface area contributed by atoms with Gasteiger partial charge in [-0.25, -0.2) is 9.13 Å². The molecule has 3 aromatic rings. The summed E-state index contributed by atoms with van der Waals surface area (Å²) < 4.78 is 4.09. The number of rotatable bonds is 2. The molecule has 0 unspecified atom stereocenters. The molecule has 0 aliphatic rings. The number of fused-ring (bicyclic) bond motifs is 1. The molecule has 0 spiro atoms. The Bertz CT molecular complexity index is 766.